The first kappa shape index (κ1) is 13.9. The van der Waals surface area contributed by atoms with Crippen molar-refractivity contribution in [1.82, 2.24) is 9.97 Å². The quantitative estimate of drug-likeness (QED) is 0.900. The van der Waals surface area contributed by atoms with Gasteiger partial charge in [0, 0.05) is 17.7 Å². The van der Waals surface area contributed by atoms with Crippen molar-refractivity contribution in [3.63, 3.8) is 0 Å². The van der Waals surface area contributed by atoms with Crippen LogP contribution in [0.4, 0.5) is 11.8 Å². The van der Waals surface area contributed by atoms with Crippen molar-refractivity contribution < 1.29 is 0 Å². The summed E-state index contributed by atoms with van der Waals surface area (Å²) >= 11 is 0. The van der Waals surface area contributed by atoms with Crippen molar-refractivity contribution in [3.05, 3.63) is 35.4 Å². The van der Waals surface area contributed by atoms with Crippen molar-refractivity contribution in [2.24, 2.45) is 5.92 Å². The Morgan fingerprint density at radius 1 is 1.24 bits per heavy atom. The van der Waals surface area contributed by atoms with Crippen LogP contribution in [0.15, 0.2) is 24.3 Å². The van der Waals surface area contributed by atoms with Gasteiger partial charge in [-0.1, -0.05) is 18.2 Å². The molecule has 3 N–H and O–H groups in total. The van der Waals surface area contributed by atoms with Gasteiger partial charge in [0.15, 0.2) is 0 Å². The maximum absolute atomic E-state index is 5.89. The number of anilines is 2. The van der Waals surface area contributed by atoms with E-state index in [2.05, 4.69) is 54.3 Å². The minimum atomic E-state index is 0.318. The van der Waals surface area contributed by atoms with Gasteiger partial charge in [0.25, 0.3) is 0 Å². The molecule has 21 heavy (non-hydrogen) atoms. The number of nitrogens with one attached hydrogen (secondary N) is 1. The first-order valence-electron chi connectivity index (χ1n) is 7.52. The fraction of sp³-hybridized carbons (Fsp3) is 0.412. The maximum Gasteiger partial charge on any atom is 0.222 e. The lowest BCUT2D eigenvalue weighted by atomic mass is 10.0. The van der Waals surface area contributed by atoms with Crippen molar-refractivity contribution >= 4 is 11.8 Å². The van der Waals surface area contributed by atoms with Crippen molar-refractivity contribution in [3.8, 4) is 11.3 Å². The van der Waals surface area contributed by atoms with Crippen LogP contribution in [-0.2, 0) is 0 Å². The molecule has 1 aromatic carbocycles. The number of benzene rings is 1. The number of aryl methyl sites for hydroxylation is 1. The van der Waals surface area contributed by atoms with Crippen LogP contribution >= 0.6 is 0 Å². The Hall–Kier alpha value is -2.10. The van der Waals surface area contributed by atoms with E-state index in [0.717, 1.165) is 23.0 Å². The minimum Gasteiger partial charge on any atom is -0.368 e. The highest BCUT2D eigenvalue weighted by molar-refractivity contribution is 5.68. The van der Waals surface area contributed by atoms with Gasteiger partial charge < -0.3 is 11.1 Å². The molecule has 0 unspecified atom stereocenters. The van der Waals surface area contributed by atoms with Gasteiger partial charge in [0.05, 0.1) is 5.69 Å². The molecular formula is C17H22N4. The van der Waals surface area contributed by atoms with Crippen molar-refractivity contribution in [2.45, 2.75) is 39.7 Å². The van der Waals surface area contributed by atoms with E-state index in [0.29, 0.717) is 12.0 Å². The highest BCUT2D eigenvalue weighted by Crippen LogP contribution is 2.34. The molecule has 2 aromatic rings. The zero-order chi connectivity index (χ0) is 15.0. The second-order valence-electron chi connectivity index (χ2n) is 6.01. The third-order valence-corrected chi connectivity index (χ3v) is 4.33. The van der Waals surface area contributed by atoms with Crippen LogP contribution < -0.4 is 11.1 Å². The summed E-state index contributed by atoms with van der Waals surface area (Å²) in [6.07, 6.45) is 2.61. The summed E-state index contributed by atoms with van der Waals surface area (Å²) in [5.41, 5.74) is 10.4. The van der Waals surface area contributed by atoms with Crippen LogP contribution in [0.3, 0.4) is 0 Å². The van der Waals surface area contributed by atoms with Crippen molar-refractivity contribution in [1.29, 1.82) is 0 Å². The zero-order valence-corrected chi connectivity index (χ0v) is 12.9. The molecule has 1 saturated carbocycles. The predicted octanol–water partition coefficient (Wildman–Crippen LogP) is 3.55. The van der Waals surface area contributed by atoms with Crippen LogP contribution in [0.2, 0.25) is 0 Å². The van der Waals surface area contributed by atoms with Crippen molar-refractivity contribution in [2.75, 3.05) is 11.1 Å². The predicted molar refractivity (Wildman–Crippen MR) is 87.2 cm³/mol. The zero-order valence-electron chi connectivity index (χ0n) is 12.9. The van der Waals surface area contributed by atoms with Crippen LogP contribution in [0, 0.1) is 19.8 Å². The number of nitrogens with zero attached hydrogens (tertiary/aromatic N) is 2. The topological polar surface area (TPSA) is 63.8 Å². The standard InChI is InChI=1S/C17H22N4/c1-10-5-4-6-14(11(10)2)15-9-16(21-17(18)20-15)19-12(3)13-7-8-13/h4-6,9,12-13H,7-8H2,1-3H3,(H3,18,19,20,21)/t12-/m1/s1. The molecule has 1 aromatic heterocycles. The van der Waals surface area contributed by atoms with E-state index in [1.54, 1.807) is 0 Å². The van der Waals surface area contributed by atoms with Crippen LogP contribution in [0.1, 0.15) is 30.9 Å². The second kappa shape index (κ2) is 5.35. The Labute approximate surface area is 125 Å². The summed E-state index contributed by atoms with van der Waals surface area (Å²) in [6, 6.07) is 8.67. The highest BCUT2D eigenvalue weighted by atomic mass is 15.1. The molecule has 3 rings (SSSR count). The van der Waals surface area contributed by atoms with Crippen LogP contribution in [-0.4, -0.2) is 16.0 Å². The van der Waals surface area contributed by atoms with Gasteiger partial charge in [-0.2, -0.15) is 4.98 Å². The largest absolute Gasteiger partial charge is 0.368 e. The van der Waals surface area contributed by atoms with Gasteiger partial charge in [-0.25, -0.2) is 4.98 Å². The van der Waals surface area contributed by atoms with E-state index in [-0.39, 0.29) is 0 Å². The monoisotopic (exact) mass is 282 g/mol. The van der Waals surface area contributed by atoms with E-state index in [1.165, 1.54) is 24.0 Å². The summed E-state index contributed by atoms with van der Waals surface area (Å²) in [7, 11) is 0. The lowest BCUT2D eigenvalue weighted by molar-refractivity contribution is 0.690. The lowest BCUT2D eigenvalue weighted by Crippen LogP contribution is -2.18. The third-order valence-electron chi connectivity index (χ3n) is 4.33. The maximum atomic E-state index is 5.89. The molecule has 1 aliphatic carbocycles. The summed E-state index contributed by atoms with van der Waals surface area (Å²) < 4.78 is 0. The smallest absolute Gasteiger partial charge is 0.222 e. The summed E-state index contributed by atoms with van der Waals surface area (Å²) in [4.78, 5) is 8.72. The molecule has 0 amide bonds. The average molecular weight is 282 g/mol. The minimum absolute atomic E-state index is 0.318. The van der Waals surface area contributed by atoms with Gasteiger partial charge in [-0.05, 0) is 50.7 Å². The molecule has 0 radical (unpaired) electrons. The molecular weight excluding hydrogens is 260 g/mol. The molecule has 1 heterocycles. The Bertz CT molecular complexity index is 662. The SMILES string of the molecule is Cc1cccc(-c2cc(N[C@H](C)C3CC3)nc(N)n2)c1C. The Morgan fingerprint density at radius 3 is 2.71 bits per heavy atom. The van der Waals surface area contributed by atoms with Gasteiger partial charge >= 0.3 is 0 Å². The molecule has 1 atom stereocenters. The molecule has 4 nitrogen and oxygen atoms in total. The Morgan fingerprint density at radius 2 is 2.00 bits per heavy atom. The van der Waals surface area contributed by atoms with Gasteiger partial charge in [-0.15, -0.1) is 0 Å². The number of aromatic nitrogens is 2. The van der Waals surface area contributed by atoms with Crippen LogP contribution in [0.25, 0.3) is 11.3 Å². The molecule has 0 spiro atoms. The third kappa shape index (κ3) is 2.99. The van der Waals surface area contributed by atoms with E-state index in [9.17, 15) is 0 Å². The van der Waals surface area contributed by atoms with Gasteiger partial charge in [-0.3, -0.25) is 0 Å². The number of rotatable bonds is 4. The first-order chi connectivity index (χ1) is 10.0. The number of hydrogen-bond acceptors (Lipinski definition) is 4. The first-order valence-corrected chi connectivity index (χ1v) is 7.52. The fourth-order valence-electron chi connectivity index (χ4n) is 2.65. The molecule has 1 fully saturated rings. The van der Waals surface area contributed by atoms with E-state index < -0.39 is 0 Å². The van der Waals surface area contributed by atoms with E-state index in [4.69, 9.17) is 5.73 Å². The van der Waals surface area contributed by atoms with Gasteiger partial charge in [0.2, 0.25) is 5.95 Å². The second-order valence-corrected chi connectivity index (χ2v) is 6.01. The summed E-state index contributed by atoms with van der Waals surface area (Å²) in [5, 5.41) is 3.46. The summed E-state index contributed by atoms with van der Waals surface area (Å²) in [6.45, 7) is 6.42. The lowest BCUT2D eigenvalue weighted by Gasteiger charge is -2.15. The fourth-order valence-corrected chi connectivity index (χ4v) is 2.65. The number of hydrogen-bond donors (Lipinski definition) is 2. The normalized spacial score (nSPS) is 15.8. The highest BCUT2D eigenvalue weighted by Gasteiger charge is 2.28. The Balaban J connectivity index is 1.95. The Kier molecular flexibility index (Phi) is 3.53. The number of nitrogen functional groups attached to an aromatic ring is 1. The van der Waals surface area contributed by atoms with Gasteiger partial charge in [0.1, 0.15) is 5.82 Å². The molecule has 110 valence electrons. The van der Waals surface area contributed by atoms with Crippen LogP contribution in [0.5, 0.6) is 0 Å². The van der Waals surface area contributed by atoms with E-state index in [1.807, 2.05) is 6.07 Å². The number of nitrogens with two attached hydrogens (primary N) is 1. The molecule has 0 aliphatic heterocycles. The molecule has 0 saturated heterocycles. The molecule has 4 heteroatoms. The average Bonchev–Trinajstić information content (AvgIpc) is 3.25. The van der Waals surface area contributed by atoms with E-state index >= 15 is 0 Å². The summed E-state index contributed by atoms with van der Waals surface area (Å²) in [5.74, 6) is 1.90. The molecule has 1 aliphatic rings. The molecule has 0 bridgehead atoms.